The minimum absolute atomic E-state index is 0.700. The average Bonchev–Trinajstić information content (AvgIpc) is 2.83. The molecule has 20 heavy (non-hydrogen) atoms. The molecule has 2 aliphatic rings. The zero-order chi connectivity index (χ0) is 13.8. The highest BCUT2D eigenvalue weighted by molar-refractivity contribution is 5.57. The molecule has 0 amide bonds. The van der Waals surface area contributed by atoms with Gasteiger partial charge in [-0.25, -0.2) is 0 Å². The number of fused-ring (bicyclic) bond motifs is 1. The standard InChI is InChI=1S/C18H28N2/c1-15(14-16-6-4-7-16)19-11-5-12-20-13-10-17-8-2-3-9-18(17)20/h2-3,8-9,15-16,19H,4-7,10-14H2,1H3. The van der Waals surface area contributed by atoms with Crippen LogP contribution in [0.25, 0.3) is 0 Å². The van der Waals surface area contributed by atoms with Crippen LogP contribution in [0.15, 0.2) is 24.3 Å². The molecule has 1 aliphatic carbocycles. The van der Waals surface area contributed by atoms with Crippen molar-refractivity contribution in [1.82, 2.24) is 5.32 Å². The van der Waals surface area contributed by atoms with Gasteiger partial charge in [-0.05, 0) is 50.3 Å². The van der Waals surface area contributed by atoms with Crippen molar-refractivity contribution in [3.8, 4) is 0 Å². The highest BCUT2D eigenvalue weighted by atomic mass is 15.1. The average molecular weight is 272 g/mol. The molecule has 1 aromatic rings. The summed E-state index contributed by atoms with van der Waals surface area (Å²) in [6.07, 6.45) is 8.26. The number of benzene rings is 1. The summed E-state index contributed by atoms with van der Waals surface area (Å²) in [5.41, 5.74) is 2.99. The van der Waals surface area contributed by atoms with Gasteiger partial charge in [0.15, 0.2) is 0 Å². The second-order valence-electron chi connectivity index (χ2n) is 6.61. The van der Waals surface area contributed by atoms with Gasteiger partial charge in [-0.1, -0.05) is 37.5 Å². The second kappa shape index (κ2) is 6.62. The van der Waals surface area contributed by atoms with Gasteiger partial charge in [0.05, 0.1) is 0 Å². The monoisotopic (exact) mass is 272 g/mol. The van der Waals surface area contributed by atoms with Crippen molar-refractivity contribution in [2.45, 2.75) is 51.5 Å². The fourth-order valence-corrected chi connectivity index (χ4v) is 3.57. The Morgan fingerprint density at radius 1 is 1.30 bits per heavy atom. The first kappa shape index (κ1) is 13.9. The van der Waals surface area contributed by atoms with Crippen molar-refractivity contribution < 1.29 is 0 Å². The molecule has 3 rings (SSSR count). The Hall–Kier alpha value is -1.02. The Bertz CT molecular complexity index is 425. The third-order valence-corrected chi connectivity index (χ3v) is 4.99. The topological polar surface area (TPSA) is 15.3 Å². The number of nitrogens with one attached hydrogen (secondary N) is 1. The van der Waals surface area contributed by atoms with E-state index in [9.17, 15) is 0 Å². The van der Waals surface area contributed by atoms with Crippen LogP contribution in [0.4, 0.5) is 5.69 Å². The minimum Gasteiger partial charge on any atom is -0.371 e. The Morgan fingerprint density at radius 2 is 2.15 bits per heavy atom. The highest BCUT2D eigenvalue weighted by Crippen LogP contribution is 2.30. The summed E-state index contributed by atoms with van der Waals surface area (Å²) >= 11 is 0. The maximum absolute atomic E-state index is 3.70. The lowest BCUT2D eigenvalue weighted by molar-refractivity contribution is 0.266. The molecule has 1 N–H and O–H groups in total. The molecule has 0 radical (unpaired) electrons. The minimum atomic E-state index is 0.700. The summed E-state index contributed by atoms with van der Waals surface area (Å²) in [7, 11) is 0. The third-order valence-electron chi connectivity index (χ3n) is 4.99. The second-order valence-corrected chi connectivity index (χ2v) is 6.61. The first-order valence-electron chi connectivity index (χ1n) is 8.39. The number of hydrogen-bond donors (Lipinski definition) is 1. The smallest absolute Gasteiger partial charge is 0.0399 e. The van der Waals surface area contributed by atoms with Gasteiger partial charge in [0.2, 0.25) is 0 Å². The molecule has 1 saturated carbocycles. The van der Waals surface area contributed by atoms with E-state index in [-0.39, 0.29) is 0 Å². The Morgan fingerprint density at radius 3 is 2.95 bits per heavy atom. The lowest BCUT2D eigenvalue weighted by Crippen LogP contribution is -2.33. The van der Waals surface area contributed by atoms with Crippen LogP contribution in [0, 0.1) is 5.92 Å². The van der Waals surface area contributed by atoms with Gasteiger partial charge >= 0.3 is 0 Å². The van der Waals surface area contributed by atoms with Crippen molar-refractivity contribution in [1.29, 1.82) is 0 Å². The van der Waals surface area contributed by atoms with Crippen molar-refractivity contribution in [2.75, 3.05) is 24.5 Å². The number of nitrogens with zero attached hydrogens (tertiary/aromatic N) is 1. The summed E-state index contributed by atoms with van der Waals surface area (Å²) in [6.45, 7) is 5.91. The van der Waals surface area contributed by atoms with Crippen molar-refractivity contribution in [2.24, 2.45) is 5.92 Å². The summed E-state index contributed by atoms with van der Waals surface area (Å²) in [5.74, 6) is 1.02. The number of para-hydroxylation sites is 1. The summed E-state index contributed by atoms with van der Waals surface area (Å²) in [4.78, 5) is 2.55. The van der Waals surface area contributed by atoms with E-state index in [1.807, 2.05) is 0 Å². The lowest BCUT2D eigenvalue weighted by atomic mass is 9.81. The summed E-state index contributed by atoms with van der Waals surface area (Å²) in [6, 6.07) is 9.57. The predicted octanol–water partition coefficient (Wildman–Crippen LogP) is 3.61. The van der Waals surface area contributed by atoms with Gasteiger partial charge in [0, 0.05) is 24.8 Å². The normalized spacial score (nSPS) is 19.8. The van der Waals surface area contributed by atoms with E-state index >= 15 is 0 Å². The van der Waals surface area contributed by atoms with E-state index < -0.39 is 0 Å². The van der Waals surface area contributed by atoms with Crippen LogP contribution >= 0.6 is 0 Å². The predicted molar refractivity (Wildman–Crippen MR) is 86.4 cm³/mol. The highest BCUT2D eigenvalue weighted by Gasteiger charge is 2.20. The fourth-order valence-electron chi connectivity index (χ4n) is 3.57. The molecular formula is C18H28N2. The maximum Gasteiger partial charge on any atom is 0.0399 e. The third kappa shape index (κ3) is 3.35. The fraction of sp³-hybridized carbons (Fsp3) is 0.667. The Balaban J connectivity index is 1.34. The van der Waals surface area contributed by atoms with Gasteiger partial charge < -0.3 is 10.2 Å². The molecule has 1 heterocycles. The van der Waals surface area contributed by atoms with Crippen LogP contribution < -0.4 is 10.2 Å². The quantitative estimate of drug-likeness (QED) is 0.763. The number of hydrogen-bond acceptors (Lipinski definition) is 2. The van der Waals surface area contributed by atoms with Crippen LogP contribution in [0.1, 0.15) is 44.6 Å². The van der Waals surface area contributed by atoms with Gasteiger partial charge in [-0.3, -0.25) is 0 Å². The molecule has 1 atom stereocenters. The van der Waals surface area contributed by atoms with Crippen LogP contribution in [-0.2, 0) is 6.42 Å². The number of rotatable bonds is 7. The van der Waals surface area contributed by atoms with Gasteiger partial charge in [-0.2, -0.15) is 0 Å². The largest absolute Gasteiger partial charge is 0.371 e. The van der Waals surface area contributed by atoms with Gasteiger partial charge in [0.25, 0.3) is 0 Å². The van der Waals surface area contributed by atoms with Crippen molar-refractivity contribution >= 4 is 5.69 Å². The van der Waals surface area contributed by atoms with Crippen molar-refractivity contribution in [3.05, 3.63) is 29.8 Å². The van der Waals surface area contributed by atoms with Crippen LogP contribution in [0.5, 0.6) is 0 Å². The zero-order valence-electron chi connectivity index (χ0n) is 12.8. The number of anilines is 1. The molecule has 2 heteroatoms. The molecule has 2 nitrogen and oxygen atoms in total. The van der Waals surface area contributed by atoms with Gasteiger partial charge in [-0.15, -0.1) is 0 Å². The summed E-state index contributed by atoms with van der Waals surface area (Å²) < 4.78 is 0. The van der Waals surface area contributed by atoms with E-state index in [1.54, 1.807) is 0 Å². The van der Waals surface area contributed by atoms with Crippen molar-refractivity contribution in [3.63, 3.8) is 0 Å². The van der Waals surface area contributed by atoms with Crippen LogP contribution in [-0.4, -0.2) is 25.7 Å². The van der Waals surface area contributed by atoms with E-state index in [0.29, 0.717) is 6.04 Å². The molecule has 0 spiro atoms. The van der Waals surface area contributed by atoms with E-state index in [4.69, 9.17) is 0 Å². The molecule has 0 saturated heterocycles. The Kier molecular flexibility index (Phi) is 4.62. The first-order valence-corrected chi connectivity index (χ1v) is 8.39. The summed E-state index contributed by atoms with van der Waals surface area (Å²) in [5, 5.41) is 3.70. The van der Waals surface area contributed by atoms with Crippen LogP contribution in [0.2, 0.25) is 0 Å². The Labute approximate surface area is 123 Å². The first-order chi connectivity index (χ1) is 9.83. The van der Waals surface area contributed by atoms with Crippen LogP contribution in [0.3, 0.4) is 0 Å². The van der Waals surface area contributed by atoms with E-state index in [1.165, 1.54) is 62.9 Å². The molecule has 1 aromatic carbocycles. The molecule has 1 aliphatic heterocycles. The molecule has 0 bridgehead atoms. The zero-order valence-corrected chi connectivity index (χ0v) is 12.8. The molecule has 110 valence electrons. The van der Waals surface area contributed by atoms with E-state index in [2.05, 4.69) is 41.4 Å². The van der Waals surface area contributed by atoms with E-state index in [0.717, 1.165) is 12.5 Å². The molecular weight excluding hydrogens is 244 g/mol. The molecule has 0 aromatic heterocycles. The lowest BCUT2D eigenvalue weighted by Gasteiger charge is -2.28. The van der Waals surface area contributed by atoms with Gasteiger partial charge in [0.1, 0.15) is 0 Å². The molecule has 1 fully saturated rings. The molecule has 1 unspecified atom stereocenters. The maximum atomic E-state index is 3.70. The SMILES string of the molecule is CC(CC1CCC1)NCCCN1CCc2ccccc21.